The van der Waals surface area contributed by atoms with Gasteiger partial charge in [-0.25, -0.2) is 0 Å². The molecule has 0 atom stereocenters. The molecule has 0 N–H and O–H groups in total. The van der Waals surface area contributed by atoms with Gasteiger partial charge in [0.2, 0.25) is 0 Å². The molecule has 1 radical (unpaired) electrons. The van der Waals surface area contributed by atoms with Gasteiger partial charge in [-0.05, 0) is 0 Å². The number of hydrogen-bond donors (Lipinski definition) is 0. The second kappa shape index (κ2) is 7.25. The molecule has 0 aliphatic heterocycles. The molecule has 8 heteroatoms. The molecular weight excluding hydrogens is 91.7 g/mol. The quantitative estimate of drug-likeness (QED) is 0.344. The van der Waals surface area contributed by atoms with Crippen LogP contribution >= 0.6 is 0 Å². The third-order valence-corrected chi connectivity index (χ3v) is 0.523. The van der Waals surface area contributed by atoms with Crippen LogP contribution in [0.5, 0.6) is 0 Å². The van der Waals surface area contributed by atoms with Gasteiger partial charge in [-0.3, -0.25) is 0 Å². The summed E-state index contributed by atoms with van der Waals surface area (Å²) >= 11 is 0. The Balaban J connectivity index is 3.41. The van der Waals surface area contributed by atoms with Gasteiger partial charge in [0.25, 0.3) is 0 Å². The predicted molar refractivity (Wildman–Crippen MR) is 41.0 cm³/mol. The Labute approximate surface area is 53.3 Å². The third-order valence-electron chi connectivity index (χ3n) is 0.523. The maximum atomic E-state index is 9.61. The van der Waals surface area contributed by atoms with Crippen LogP contribution < -0.4 is 0 Å². The van der Waals surface area contributed by atoms with E-state index in [0.717, 1.165) is 0 Å². The molecular formula is B7O. The summed E-state index contributed by atoms with van der Waals surface area (Å²) in [4.78, 5) is 0. The van der Waals surface area contributed by atoms with E-state index in [1.807, 2.05) is 0 Å². The average molecular weight is 91.7 g/mol. The summed E-state index contributed by atoms with van der Waals surface area (Å²) in [5, 5.41) is 0. The van der Waals surface area contributed by atoms with Crippen molar-refractivity contribution < 1.29 is 4.70 Å². The van der Waals surface area contributed by atoms with Crippen molar-refractivity contribution in [1.82, 2.24) is 0 Å². The first-order valence-electron chi connectivity index (χ1n) is 2.24. The van der Waals surface area contributed by atoms with Crippen LogP contribution in [0.4, 0.5) is 0 Å². The Bertz CT molecular complexity index is 104. The summed E-state index contributed by atoms with van der Waals surface area (Å²) in [6.45, 7) is 7.71. The average Bonchev–Trinajstić information content (AvgIpc) is 1.81. The van der Waals surface area contributed by atoms with E-state index >= 15 is 0 Å². The van der Waals surface area contributed by atoms with Gasteiger partial charge in [0.15, 0.2) is 0 Å². The van der Waals surface area contributed by atoms with Crippen molar-refractivity contribution in [2.24, 2.45) is 0 Å². The Morgan fingerprint density at radius 1 is 1.00 bits per heavy atom. The molecule has 0 saturated carbocycles. The summed E-state index contributed by atoms with van der Waals surface area (Å²) in [5.41, 5.74) is 0. The Kier molecular flexibility index (Phi) is 7.49. The molecule has 27 valence electrons. The van der Waals surface area contributed by atoms with Gasteiger partial charge in [-0.1, -0.05) is 0 Å². The first-order chi connectivity index (χ1) is 3.91. The summed E-state index contributed by atoms with van der Waals surface area (Å²) in [6.07, 6.45) is 0. The van der Waals surface area contributed by atoms with Crippen molar-refractivity contribution in [3.8, 4) is 0 Å². The van der Waals surface area contributed by atoms with Gasteiger partial charge < -0.3 is 0 Å². The first-order valence-corrected chi connectivity index (χ1v) is 2.24. The second-order valence-electron chi connectivity index (χ2n) is 1.10. The molecule has 0 aliphatic carbocycles. The number of rotatable bonds is 3. The molecule has 0 amide bonds. The fraction of sp³-hybridized carbons (Fsp3) is 0. The number of hydrogen-bond acceptors (Lipinski definition) is 1. The van der Waals surface area contributed by atoms with E-state index in [-0.39, 0.29) is 0 Å². The third kappa shape index (κ3) is 6.25. The van der Waals surface area contributed by atoms with Crippen LogP contribution in [-0.2, 0) is 4.70 Å². The molecule has 1 nitrogen and oxygen atoms in total. The van der Waals surface area contributed by atoms with E-state index in [1.54, 1.807) is 20.1 Å². The zero-order valence-electron chi connectivity index (χ0n) is 4.45. The molecule has 0 aromatic heterocycles. The Morgan fingerprint density at radius 2 is 1.62 bits per heavy atom. The molecule has 0 heterocycles. The SMILES string of the molecule is [B]=BB=BB=BB=O. The molecule has 0 unspecified atom stereocenters. The monoisotopic (exact) mass is 93.1 g/mol. The van der Waals surface area contributed by atoms with Crippen molar-refractivity contribution in [2.45, 2.75) is 0 Å². The molecule has 0 rings (SSSR count). The zero-order valence-corrected chi connectivity index (χ0v) is 4.45. The fourth-order valence-electron chi connectivity index (χ4n) is 0.238. The second-order valence-corrected chi connectivity index (χ2v) is 1.10. The molecule has 0 saturated heterocycles. The van der Waals surface area contributed by atoms with E-state index in [4.69, 9.17) is 7.37 Å². The van der Waals surface area contributed by atoms with E-state index in [9.17, 15) is 4.70 Å². The van der Waals surface area contributed by atoms with Crippen molar-refractivity contribution in [3.63, 3.8) is 0 Å². The van der Waals surface area contributed by atoms with Gasteiger partial charge in [0, 0.05) is 0 Å². The minimum absolute atomic E-state index is 0.709. The van der Waals surface area contributed by atoms with Gasteiger partial charge in [0.1, 0.15) is 0 Å². The Morgan fingerprint density at radius 3 is 2.12 bits per heavy atom. The molecule has 8 heavy (non-hydrogen) atoms. The molecule has 0 fully saturated rings. The molecule has 0 aromatic rings. The van der Waals surface area contributed by atoms with Crippen LogP contribution in [0.2, 0.25) is 0 Å². The predicted octanol–water partition coefficient (Wildman–Crippen LogP) is -2.78. The summed E-state index contributed by atoms with van der Waals surface area (Å²) in [6, 6.07) is 0. The van der Waals surface area contributed by atoms with Crippen molar-refractivity contribution in [3.05, 3.63) is 0 Å². The van der Waals surface area contributed by atoms with Crippen molar-refractivity contribution >= 4 is 47.9 Å². The van der Waals surface area contributed by atoms with Crippen LogP contribution in [0.15, 0.2) is 0 Å². The van der Waals surface area contributed by atoms with E-state index in [0.29, 0.717) is 7.04 Å². The normalized spacial score (nSPS) is 5.38. The van der Waals surface area contributed by atoms with Crippen molar-refractivity contribution in [1.29, 1.82) is 0 Å². The maximum absolute atomic E-state index is 9.61. The Hall–Kier alpha value is 0.255. The minimum atomic E-state index is 0.709. The van der Waals surface area contributed by atoms with Crippen LogP contribution in [0.3, 0.4) is 0 Å². The molecule has 0 aliphatic rings. The van der Waals surface area contributed by atoms with Gasteiger partial charge in [0.05, 0.1) is 0 Å². The van der Waals surface area contributed by atoms with E-state index in [2.05, 4.69) is 0 Å². The molecule has 0 bridgehead atoms. The van der Waals surface area contributed by atoms with Gasteiger partial charge in [-0.2, -0.15) is 0 Å². The molecule has 0 spiro atoms. The van der Waals surface area contributed by atoms with E-state index in [1.165, 1.54) is 13.4 Å². The molecule has 0 aromatic carbocycles. The summed E-state index contributed by atoms with van der Waals surface area (Å²) in [5.74, 6) is 0. The summed E-state index contributed by atoms with van der Waals surface area (Å²) in [7, 11) is 5.69. The van der Waals surface area contributed by atoms with Crippen LogP contribution in [-0.4, -0.2) is 47.9 Å². The zero-order chi connectivity index (χ0) is 6.24. The first kappa shape index (κ1) is 8.25. The fourth-order valence-corrected chi connectivity index (χ4v) is 0.238. The van der Waals surface area contributed by atoms with Crippen LogP contribution in [0.1, 0.15) is 0 Å². The standard InChI is InChI=1S/B7O/c1-2-3-4-5-6-7-8. The topological polar surface area (TPSA) is 17.1 Å². The van der Waals surface area contributed by atoms with E-state index < -0.39 is 0 Å². The van der Waals surface area contributed by atoms with Crippen LogP contribution in [0.25, 0.3) is 0 Å². The van der Waals surface area contributed by atoms with Crippen molar-refractivity contribution in [2.75, 3.05) is 0 Å². The van der Waals surface area contributed by atoms with Crippen LogP contribution in [0, 0.1) is 0 Å². The van der Waals surface area contributed by atoms with Gasteiger partial charge >= 0.3 is 52.6 Å². The summed E-state index contributed by atoms with van der Waals surface area (Å²) < 4.78 is 9.61. The van der Waals surface area contributed by atoms with Gasteiger partial charge in [-0.15, -0.1) is 0 Å².